The second-order valence-electron chi connectivity index (χ2n) is 5.82. The van der Waals surface area contributed by atoms with Gasteiger partial charge in [-0.1, -0.05) is 12.1 Å². The lowest BCUT2D eigenvalue weighted by atomic mass is 9.87. The normalized spacial score (nSPS) is 18.5. The summed E-state index contributed by atoms with van der Waals surface area (Å²) < 4.78 is 39.4. The summed E-state index contributed by atoms with van der Waals surface area (Å²) >= 11 is 0. The first-order valence-electron chi connectivity index (χ1n) is 8.10. The Morgan fingerprint density at radius 2 is 1.96 bits per heavy atom. The van der Waals surface area contributed by atoms with Gasteiger partial charge in [0.2, 0.25) is 11.5 Å². The number of carbonyl (C=O) groups is 2. The van der Waals surface area contributed by atoms with Crippen molar-refractivity contribution in [2.75, 3.05) is 25.2 Å². The average molecular weight is 377 g/mol. The number of ether oxygens (including phenoxy) is 2. The fourth-order valence-electron chi connectivity index (χ4n) is 3.20. The lowest BCUT2D eigenvalue weighted by Gasteiger charge is -2.29. The molecule has 1 atom stereocenters. The number of pyridine rings is 1. The number of fused-ring (bicyclic) bond motifs is 1. The summed E-state index contributed by atoms with van der Waals surface area (Å²) in [5, 5.41) is 0. The van der Waals surface area contributed by atoms with Gasteiger partial charge in [0.25, 0.3) is 5.91 Å². The van der Waals surface area contributed by atoms with Crippen molar-refractivity contribution in [3.8, 4) is 5.75 Å². The first-order chi connectivity index (χ1) is 12.9. The predicted molar refractivity (Wildman–Crippen MR) is 91.1 cm³/mol. The molecule has 0 unspecified atom stereocenters. The zero-order chi connectivity index (χ0) is 19.8. The number of amides is 2. The van der Waals surface area contributed by atoms with E-state index in [1.54, 1.807) is 6.92 Å². The molecular formula is C18H17F2N3O4. The Morgan fingerprint density at radius 1 is 1.30 bits per heavy atom. The van der Waals surface area contributed by atoms with Crippen LogP contribution in [0, 0.1) is 11.6 Å². The van der Waals surface area contributed by atoms with Crippen LogP contribution in [0.25, 0.3) is 0 Å². The minimum absolute atomic E-state index is 0.0314. The second-order valence-corrected chi connectivity index (χ2v) is 5.82. The molecule has 1 aromatic heterocycles. The van der Waals surface area contributed by atoms with Gasteiger partial charge in [-0.3, -0.25) is 14.5 Å². The molecule has 0 radical (unpaired) electrons. The van der Waals surface area contributed by atoms with Crippen molar-refractivity contribution in [2.45, 2.75) is 12.5 Å². The zero-order valence-electron chi connectivity index (χ0n) is 14.7. The Bertz CT molecular complexity index is 904. The van der Waals surface area contributed by atoms with Crippen molar-refractivity contribution in [1.82, 2.24) is 4.98 Å². The highest BCUT2D eigenvalue weighted by Gasteiger charge is 2.57. The summed E-state index contributed by atoms with van der Waals surface area (Å²) in [7, 11) is 1.25. The van der Waals surface area contributed by atoms with Crippen LogP contribution in [-0.4, -0.2) is 37.1 Å². The summed E-state index contributed by atoms with van der Waals surface area (Å²) in [5.74, 6) is -3.25. The van der Waals surface area contributed by atoms with E-state index in [9.17, 15) is 14.0 Å². The van der Waals surface area contributed by atoms with Crippen LogP contribution in [-0.2, 0) is 19.9 Å². The molecule has 9 heteroatoms. The Kier molecular flexibility index (Phi) is 4.79. The van der Waals surface area contributed by atoms with Crippen LogP contribution in [0.2, 0.25) is 0 Å². The third kappa shape index (κ3) is 2.80. The largest absolute Gasteiger partial charge is 0.492 e. The summed E-state index contributed by atoms with van der Waals surface area (Å²) in [6.07, 6.45) is 1.10. The maximum Gasteiger partial charge on any atom is 0.270 e. The van der Waals surface area contributed by atoms with E-state index < -0.39 is 35.6 Å². The van der Waals surface area contributed by atoms with E-state index in [4.69, 9.17) is 15.2 Å². The number of primary amides is 1. The first kappa shape index (κ1) is 18.7. The van der Waals surface area contributed by atoms with Crippen molar-refractivity contribution >= 4 is 17.6 Å². The zero-order valence-corrected chi connectivity index (χ0v) is 14.7. The lowest BCUT2D eigenvalue weighted by molar-refractivity contribution is -0.138. The van der Waals surface area contributed by atoms with Crippen molar-refractivity contribution in [3.63, 3.8) is 0 Å². The number of rotatable bonds is 6. The van der Waals surface area contributed by atoms with Gasteiger partial charge in [0, 0.05) is 6.61 Å². The Balaban J connectivity index is 2.35. The number of aromatic nitrogens is 1. The van der Waals surface area contributed by atoms with E-state index in [1.807, 2.05) is 0 Å². The number of hydrogen-bond donors (Lipinski definition) is 1. The van der Waals surface area contributed by atoms with E-state index >= 15 is 4.39 Å². The molecule has 142 valence electrons. The third-order valence-corrected chi connectivity index (χ3v) is 4.26. The Morgan fingerprint density at radius 3 is 2.52 bits per heavy atom. The van der Waals surface area contributed by atoms with Gasteiger partial charge in [0.1, 0.15) is 18.2 Å². The molecule has 1 aromatic carbocycles. The Hall–Kier alpha value is -3.07. The van der Waals surface area contributed by atoms with Gasteiger partial charge in [0.05, 0.1) is 18.9 Å². The standard InChI is InChI=1S/C18H17F2N3O4/c1-3-27-18(10-4-6-11(19)7-5-10)14-15(20)12(26-2)8-22-16(14)23(17(18)25)9-13(21)24/h4-8H,3,9H2,1-2H3,(H2,21,24)/t18-/m0/s1. The van der Waals surface area contributed by atoms with Crippen molar-refractivity contribution < 1.29 is 27.8 Å². The van der Waals surface area contributed by atoms with Gasteiger partial charge in [-0.15, -0.1) is 0 Å². The summed E-state index contributed by atoms with van der Waals surface area (Å²) in [6.45, 7) is 1.14. The molecule has 0 bridgehead atoms. The quantitative estimate of drug-likeness (QED) is 0.823. The summed E-state index contributed by atoms with van der Waals surface area (Å²) in [6, 6.07) is 4.90. The molecule has 7 nitrogen and oxygen atoms in total. The smallest absolute Gasteiger partial charge is 0.270 e. The molecule has 2 heterocycles. The average Bonchev–Trinajstić information content (AvgIpc) is 2.86. The fourth-order valence-corrected chi connectivity index (χ4v) is 3.20. The molecule has 1 aliphatic rings. The lowest BCUT2D eigenvalue weighted by Crippen LogP contribution is -2.46. The number of anilines is 1. The van der Waals surface area contributed by atoms with E-state index in [1.165, 1.54) is 19.2 Å². The highest BCUT2D eigenvalue weighted by atomic mass is 19.1. The number of benzene rings is 1. The molecule has 0 aliphatic carbocycles. The van der Waals surface area contributed by atoms with Gasteiger partial charge in [-0.05, 0) is 24.6 Å². The fraction of sp³-hybridized carbons (Fsp3) is 0.278. The highest BCUT2D eigenvalue weighted by Crippen LogP contribution is 2.48. The van der Waals surface area contributed by atoms with E-state index in [0.717, 1.165) is 23.2 Å². The summed E-state index contributed by atoms with van der Waals surface area (Å²) in [5.41, 5.74) is 3.28. The van der Waals surface area contributed by atoms with Crippen LogP contribution in [0.1, 0.15) is 18.1 Å². The van der Waals surface area contributed by atoms with Crippen LogP contribution in [0.5, 0.6) is 5.75 Å². The van der Waals surface area contributed by atoms with Gasteiger partial charge in [0.15, 0.2) is 11.6 Å². The molecule has 3 rings (SSSR count). The molecular weight excluding hydrogens is 360 g/mol. The van der Waals surface area contributed by atoms with Crippen LogP contribution in [0.3, 0.4) is 0 Å². The Labute approximate surface area is 153 Å². The number of halogens is 2. The van der Waals surface area contributed by atoms with Crippen molar-refractivity contribution in [2.24, 2.45) is 5.73 Å². The molecule has 2 aromatic rings. The third-order valence-electron chi connectivity index (χ3n) is 4.26. The molecule has 0 saturated heterocycles. The number of methoxy groups -OCH3 is 1. The van der Waals surface area contributed by atoms with E-state index in [-0.39, 0.29) is 29.3 Å². The molecule has 27 heavy (non-hydrogen) atoms. The van der Waals surface area contributed by atoms with Crippen molar-refractivity contribution in [1.29, 1.82) is 0 Å². The van der Waals surface area contributed by atoms with Crippen LogP contribution in [0.4, 0.5) is 14.6 Å². The maximum absolute atomic E-state index is 15.2. The summed E-state index contributed by atoms with van der Waals surface area (Å²) in [4.78, 5) is 29.8. The molecule has 0 spiro atoms. The van der Waals surface area contributed by atoms with Crippen molar-refractivity contribution in [3.05, 3.63) is 53.2 Å². The van der Waals surface area contributed by atoms with Gasteiger partial charge >= 0.3 is 0 Å². The van der Waals surface area contributed by atoms with E-state index in [0.29, 0.717) is 0 Å². The predicted octanol–water partition coefficient (Wildman–Crippen LogP) is 1.48. The molecule has 1 aliphatic heterocycles. The highest BCUT2D eigenvalue weighted by molar-refractivity contribution is 6.11. The monoisotopic (exact) mass is 377 g/mol. The van der Waals surface area contributed by atoms with Gasteiger partial charge in [-0.25, -0.2) is 13.8 Å². The van der Waals surface area contributed by atoms with Crippen LogP contribution >= 0.6 is 0 Å². The molecule has 0 fully saturated rings. The minimum atomic E-state index is -1.95. The van der Waals surface area contributed by atoms with Gasteiger partial charge in [-0.2, -0.15) is 0 Å². The minimum Gasteiger partial charge on any atom is -0.492 e. The SMILES string of the molecule is CCO[C@]1(c2ccc(F)cc2)C(=O)N(CC(N)=O)c2ncc(OC)c(F)c21. The number of hydrogen-bond acceptors (Lipinski definition) is 5. The van der Waals surface area contributed by atoms with E-state index in [2.05, 4.69) is 4.98 Å². The maximum atomic E-state index is 15.2. The number of carbonyl (C=O) groups excluding carboxylic acids is 2. The second kappa shape index (κ2) is 6.92. The number of nitrogens with zero attached hydrogens (tertiary/aromatic N) is 2. The topological polar surface area (TPSA) is 94.8 Å². The van der Waals surface area contributed by atoms with Crippen LogP contribution < -0.4 is 15.4 Å². The molecule has 2 amide bonds. The molecule has 2 N–H and O–H groups in total. The van der Waals surface area contributed by atoms with Gasteiger partial charge < -0.3 is 15.2 Å². The molecule has 0 saturated carbocycles. The van der Waals surface area contributed by atoms with Crippen LogP contribution in [0.15, 0.2) is 30.5 Å². The number of nitrogens with two attached hydrogens (primary N) is 1. The first-order valence-corrected chi connectivity index (χ1v) is 8.10.